The van der Waals surface area contributed by atoms with Gasteiger partial charge in [0.15, 0.2) is 0 Å². The van der Waals surface area contributed by atoms with Gasteiger partial charge >= 0.3 is 5.97 Å². The van der Waals surface area contributed by atoms with Crippen LogP contribution in [0.25, 0.3) is 0 Å². The number of carbonyl (C=O) groups is 1. The number of ether oxygens (including phenoxy) is 1. The molecular weight excluding hydrogens is 166 g/mol. The predicted octanol–water partition coefficient (Wildman–Crippen LogP) is 1.46. The van der Waals surface area contributed by atoms with E-state index in [4.69, 9.17) is 10.5 Å². The molecule has 2 N–H and O–H groups in total. The summed E-state index contributed by atoms with van der Waals surface area (Å²) in [5, 5.41) is 0. The fourth-order valence-corrected chi connectivity index (χ4v) is 1.56. The minimum absolute atomic E-state index is 0.0383. The van der Waals surface area contributed by atoms with Crippen LogP contribution < -0.4 is 5.73 Å². The molecule has 1 saturated carbocycles. The maximum atomic E-state index is 11.3. The van der Waals surface area contributed by atoms with Crippen molar-refractivity contribution in [2.45, 2.75) is 51.7 Å². The molecule has 0 radical (unpaired) electrons. The molecule has 13 heavy (non-hydrogen) atoms. The lowest BCUT2D eigenvalue weighted by atomic mass is 9.93. The van der Waals surface area contributed by atoms with E-state index in [-0.39, 0.29) is 24.0 Å². The van der Waals surface area contributed by atoms with E-state index in [2.05, 4.69) is 0 Å². The number of esters is 1. The van der Waals surface area contributed by atoms with E-state index in [0.29, 0.717) is 0 Å². The molecule has 1 aliphatic carbocycles. The summed E-state index contributed by atoms with van der Waals surface area (Å²) in [6.45, 7) is 3.69. The van der Waals surface area contributed by atoms with Crippen molar-refractivity contribution in [1.29, 1.82) is 0 Å². The Morgan fingerprint density at radius 2 is 2.00 bits per heavy atom. The average molecular weight is 185 g/mol. The Kier molecular flexibility index (Phi) is 3.72. The molecule has 2 atom stereocenters. The van der Waals surface area contributed by atoms with E-state index in [9.17, 15) is 4.79 Å². The van der Waals surface area contributed by atoms with Gasteiger partial charge in [-0.05, 0) is 19.3 Å². The smallest absolute Gasteiger partial charge is 0.308 e. The third-order valence-electron chi connectivity index (χ3n) is 2.49. The van der Waals surface area contributed by atoms with Crippen molar-refractivity contribution in [3.05, 3.63) is 0 Å². The molecule has 0 aliphatic heterocycles. The molecule has 1 fully saturated rings. The lowest BCUT2D eigenvalue weighted by Gasteiger charge is -2.28. The summed E-state index contributed by atoms with van der Waals surface area (Å²) in [6, 6.07) is 0.0523. The summed E-state index contributed by atoms with van der Waals surface area (Å²) in [5.74, 6) is -0.170. The van der Waals surface area contributed by atoms with Gasteiger partial charge in [0, 0.05) is 6.04 Å². The highest BCUT2D eigenvalue weighted by Gasteiger charge is 2.25. The molecule has 0 heterocycles. The highest BCUT2D eigenvalue weighted by Crippen LogP contribution is 2.20. The van der Waals surface area contributed by atoms with E-state index >= 15 is 0 Å². The minimum atomic E-state index is -0.123. The van der Waals surface area contributed by atoms with Gasteiger partial charge in [-0.3, -0.25) is 4.79 Å². The van der Waals surface area contributed by atoms with Crippen molar-refractivity contribution in [2.24, 2.45) is 11.7 Å². The molecule has 3 heteroatoms. The van der Waals surface area contributed by atoms with E-state index in [1.165, 1.54) is 0 Å². The second-order valence-electron chi connectivity index (χ2n) is 4.08. The van der Waals surface area contributed by atoms with E-state index in [1.54, 1.807) is 0 Å². The first-order chi connectivity index (χ1) is 6.11. The second kappa shape index (κ2) is 4.61. The largest absolute Gasteiger partial charge is 0.461 e. The van der Waals surface area contributed by atoms with Crippen LogP contribution in [0.5, 0.6) is 0 Å². The SMILES string of the molecule is CC(C)C(=O)OC1CCCCC1N. The maximum absolute atomic E-state index is 11.3. The van der Waals surface area contributed by atoms with Crippen molar-refractivity contribution in [3.8, 4) is 0 Å². The minimum Gasteiger partial charge on any atom is -0.461 e. The van der Waals surface area contributed by atoms with Crippen LogP contribution in [0, 0.1) is 5.92 Å². The molecule has 0 saturated heterocycles. The fraction of sp³-hybridized carbons (Fsp3) is 0.900. The number of hydrogen-bond donors (Lipinski definition) is 1. The fourth-order valence-electron chi connectivity index (χ4n) is 1.56. The number of rotatable bonds is 2. The van der Waals surface area contributed by atoms with Crippen molar-refractivity contribution < 1.29 is 9.53 Å². The van der Waals surface area contributed by atoms with E-state index in [1.807, 2.05) is 13.8 Å². The Morgan fingerprint density at radius 1 is 1.38 bits per heavy atom. The first-order valence-corrected chi connectivity index (χ1v) is 5.07. The monoisotopic (exact) mass is 185 g/mol. The topological polar surface area (TPSA) is 52.3 Å². The summed E-state index contributed by atoms with van der Waals surface area (Å²) in [5.41, 5.74) is 5.85. The Labute approximate surface area is 79.6 Å². The molecular formula is C10H19NO2. The van der Waals surface area contributed by atoms with Crippen molar-refractivity contribution in [2.75, 3.05) is 0 Å². The summed E-state index contributed by atoms with van der Waals surface area (Å²) < 4.78 is 5.30. The third kappa shape index (κ3) is 2.99. The van der Waals surface area contributed by atoms with Crippen molar-refractivity contribution >= 4 is 5.97 Å². The standard InChI is InChI=1S/C10H19NO2/c1-7(2)10(12)13-9-6-4-3-5-8(9)11/h7-9H,3-6,11H2,1-2H3. The Hall–Kier alpha value is -0.570. The normalized spacial score (nSPS) is 28.9. The third-order valence-corrected chi connectivity index (χ3v) is 2.49. The lowest BCUT2D eigenvalue weighted by molar-refractivity contribution is -0.155. The quantitative estimate of drug-likeness (QED) is 0.662. The number of hydrogen-bond acceptors (Lipinski definition) is 3. The first-order valence-electron chi connectivity index (χ1n) is 5.07. The first kappa shape index (κ1) is 10.5. The maximum Gasteiger partial charge on any atom is 0.308 e. The Morgan fingerprint density at radius 3 is 2.54 bits per heavy atom. The van der Waals surface area contributed by atoms with Gasteiger partial charge in [0.05, 0.1) is 5.92 Å². The molecule has 1 aliphatic rings. The molecule has 0 aromatic carbocycles. The summed E-state index contributed by atoms with van der Waals surface area (Å²) in [6.07, 6.45) is 4.17. The number of nitrogens with two attached hydrogens (primary N) is 1. The zero-order valence-electron chi connectivity index (χ0n) is 8.45. The molecule has 1 rings (SSSR count). The second-order valence-corrected chi connectivity index (χ2v) is 4.08. The van der Waals surface area contributed by atoms with Gasteiger partial charge in [-0.1, -0.05) is 20.3 Å². The molecule has 0 aromatic heterocycles. The van der Waals surface area contributed by atoms with Crippen LogP contribution in [0.4, 0.5) is 0 Å². The molecule has 2 unspecified atom stereocenters. The molecule has 3 nitrogen and oxygen atoms in total. The van der Waals surface area contributed by atoms with Gasteiger partial charge in [-0.25, -0.2) is 0 Å². The molecule has 0 spiro atoms. The zero-order valence-corrected chi connectivity index (χ0v) is 8.45. The highest BCUT2D eigenvalue weighted by atomic mass is 16.5. The van der Waals surface area contributed by atoms with Crippen LogP contribution in [-0.4, -0.2) is 18.1 Å². The number of carbonyl (C=O) groups excluding carboxylic acids is 1. The van der Waals surface area contributed by atoms with Gasteiger partial charge in [0.25, 0.3) is 0 Å². The lowest BCUT2D eigenvalue weighted by Crippen LogP contribution is -2.41. The molecule has 76 valence electrons. The van der Waals surface area contributed by atoms with Crippen molar-refractivity contribution in [1.82, 2.24) is 0 Å². The van der Waals surface area contributed by atoms with Crippen LogP contribution in [0.2, 0.25) is 0 Å². The van der Waals surface area contributed by atoms with Crippen LogP contribution >= 0.6 is 0 Å². The van der Waals surface area contributed by atoms with Crippen LogP contribution in [0.15, 0.2) is 0 Å². The van der Waals surface area contributed by atoms with Gasteiger partial charge in [-0.15, -0.1) is 0 Å². The van der Waals surface area contributed by atoms with Crippen LogP contribution in [0.3, 0.4) is 0 Å². The summed E-state index contributed by atoms with van der Waals surface area (Å²) >= 11 is 0. The average Bonchev–Trinajstić information content (AvgIpc) is 2.08. The molecule has 0 amide bonds. The van der Waals surface area contributed by atoms with Gasteiger partial charge in [0.1, 0.15) is 6.10 Å². The van der Waals surface area contributed by atoms with Crippen LogP contribution in [-0.2, 0) is 9.53 Å². The molecule has 0 bridgehead atoms. The van der Waals surface area contributed by atoms with Crippen molar-refractivity contribution in [3.63, 3.8) is 0 Å². The van der Waals surface area contributed by atoms with Gasteiger partial charge < -0.3 is 10.5 Å². The van der Waals surface area contributed by atoms with E-state index in [0.717, 1.165) is 25.7 Å². The summed E-state index contributed by atoms with van der Waals surface area (Å²) in [4.78, 5) is 11.3. The molecule has 0 aromatic rings. The van der Waals surface area contributed by atoms with Crippen LogP contribution in [0.1, 0.15) is 39.5 Å². The van der Waals surface area contributed by atoms with Gasteiger partial charge in [0.2, 0.25) is 0 Å². The van der Waals surface area contributed by atoms with E-state index < -0.39 is 0 Å². The highest BCUT2D eigenvalue weighted by molar-refractivity contribution is 5.71. The Bertz CT molecular complexity index is 180. The summed E-state index contributed by atoms with van der Waals surface area (Å²) in [7, 11) is 0. The van der Waals surface area contributed by atoms with Gasteiger partial charge in [-0.2, -0.15) is 0 Å². The zero-order chi connectivity index (χ0) is 9.84. The Balaban J connectivity index is 2.38. The predicted molar refractivity (Wildman–Crippen MR) is 51.2 cm³/mol.